The number of hydrogen-bond donors (Lipinski definition) is 2. The molecular formula is C25H29N3O4S. The van der Waals surface area contributed by atoms with Gasteiger partial charge in [0.05, 0.1) is 26.4 Å². The van der Waals surface area contributed by atoms with Crippen molar-refractivity contribution in [3.8, 4) is 11.5 Å². The number of nitrogens with zero attached hydrogens (tertiary/aromatic N) is 1. The van der Waals surface area contributed by atoms with Crippen molar-refractivity contribution >= 4 is 33.9 Å². The lowest BCUT2D eigenvalue weighted by Crippen LogP contribution is -2.40. The fraction of sp³-hybridized carbons (Fsp3) is 0.360. The lowest BCUT2D eigenvalue weighted by molar-refractivity contribution is 0.0904. The first-order chi connectivity index (χ1) is 16.1. The van der Waals surface area contributed by atoms with E-state index in [9.17, 15) is 4.79 Å². The molecule has 0 bridgehead atoms. The number of H-pyrrole nitrogens is 1. The van der Waals surface area contributed by atoms with Crippen molar-refractivity contribution in [1.29, 1.82) is 0 Å². The first-order valence-electron chi connectivity index (χ1n) is 11.2. The van der Waals surface area contributed by atoms with E-state index in [0.717, 1.165) is 47.5 Å². The summed E-state index contributed by atoms with van der Waals surface area (Å²) in [7, 11) is 1.63. The van der Waals surface area contributed by atoms with E-state index < -0.39 is 0 Å². The van der Waals surface area contributed by atoms with E-state index in [0.29, 0.717) is 30.4 Å². The molecule has 8 heteroatoms. The van der Waals surface area contributed by atoms with Crippen LogP contribution < -0.4 is 20.3 Å². The van der Waals surface area contributed by atoms with Gasteiger partial charge >= 0.3 is 0 Å². The number of benzene rings is 2. The molecule has 1 aliphatic heterocycles. The summed E-state index contributed by atoms with van der Waals surface area (Å²) in [5, 5.41) is 4.74. The zero-order valence-corrected chi connectivity index (χ0v) is 19.7. The smallest absolute Gasteiger partial charge is 0.253 e. The van der Waals surface area contributed by atoms with Crippen molar-refractivity contribution in [1.82, 2.24) is 9.88 Å². The van der Waals surface area contributed by atoms with Crippen LogP contribution in [0, 0.1) is 0 Å². The third kappa shape index (κ3) is 5.83. The summed E-state index contributed by atoms with van der Waals surface area (Å²) in [6.07, 6.45) is 2.10. The molecule has 0 spiro atoms. The number of rotatable bonds is 8. The molecule has 1 atom stereocenters. The van der Waals surface area contributed by atoms with Gasteiger partial charge in [-0.2, -0.15) is 0 Å². The molecule has 0 aliphatic carbocycles. The highest BCUT2D eigenvalue weighted by molar-refractivity contribution is 7.80. The minimum Gasteiger partial charge on any atom is -0.497 e. The third-order valence-electron chi connectivity index (χ3n) is 5.64. The van der Waals surface area contributed by atoms with E-state index in [2.05, 4.69) is 10.3 Å². The Kier molecular flexibility index (Phi) is 7.47. The second-order valence-corrected chi connectivity index (χ2v) is 8.37. The van der Waals surface area contributed by atoms with Crippen LogP contribution in [0.5, 0.6) is 11.5 Å². The second kappa shape index (κ2) is 10.7. The lowest BCUT2D eigenvalue weighted by atomic mass is 10.1. The minimum absolute atomic E-state index is 0.0877. The van der Waals surface area contributed by atoms with Gasteiger partial charge in [0, 0.05) is 35.3 Å². The fourth-order valence-electron chi connectivity index (χ4n) is 3.94. The molecule has 33 heavy (non-hydrogen) atoms. The van der Waals surface area contributed by atoms with Crippen LogP contribution in [0.2, 0.25) is 0 Å². The molecule has 1 fully saturated rings. The van der Waals surface area contributed by atoms with Gasteiger partial charge in [0.2, 0.25) is 0 Å². The molecule has 1 saturated heterocycles. The standard InChI is InChI=1S/C25H29N3O4S/c1-3-31-20-8-6-19(7-9-20)26-25(33)28(16-22-5-4-12-32-22)15-18-13-17-14-21(30-2)10-11-23(17)27-24(18)29/h6-11,13-14,22H,3-5,12,15-16H2,1-2H3,(H,26,33)(H,27,29)/t22-/m0/s1. The van der Waals surface area contributed by atoms with E-state index in [4.69, 9.17) is 26.4 Å². The highest BCUT2D eigenvalue weighted by Crippen LogP contribution is 2.21. The molecule has 2 N–H and O–H groups in total. The molecule has 174 valence electrons. The molecule has 2 aromatic carbocycles. The number of hydrogen-bond acceptors (Lipinski definition) is 5. The Bertz CT molecular complexity index is 1160. The summed E-state index contributed by atoms with van der Waals surface area (Å²) < 4.78 is 16.7. The van der Waals surface area contributed by atoms with Crippen LogP contribution in [-0.2, 0) is 11.3 Å². The van der Waals surface area contributed by atoms with Crippen LogP contribution in [0.25, 0.3) is 10.9 Å². The average Bonchev–Trinajstić information content (AvgIpc) is 3.33. The van der Waals surface area contributed by atoms with Gasteiger partial charge in [-0.1, -0.05) is 0 Å². The molecule has 1 aromatic heterocycles. The van der Waals surface area contributed by atoms with Gasteiger partial charge in [-0.3, -0.25) is 4.79 Å². The van der Waals surface area contributed by atoms with Gasteiger partial charge in [0.15, 0.2) is 5.11 Å². The molecule has 0 amide bonds. The van der Waals surface area contributed by atoms with Crippen LogP contribution in [0.3, 0.4) is 0 Å². The highest BCUT2D eigenvalue weighted by Gasteiger charge is 2.22. The highest BCUT2D eigenvalue weighted by atomic mass is 32.1. The molecule has 7 nitrogen and oxygen atoms in total. The van der Waals surface area contributed by atoms with Crippen molar-refractivity contribution in [2.24, 2.45) is 0 Å². The molecule has 4 rings (SSSR count). The van der Waals surface area contributed by atoms with E-state index in [1.807, 2.05) is 60.4 Å². The molecule has 1 aliphatic rings. The summed E-state index contributed by atoms with van der Waals surface area (Å²) in [6, 6.07) is 15.2. The van der Waals surface area contributed by atoms with Crippen LogP contribution in [0.4, 0.5) is 5.69 Å². The predicted octanol–water partition coefficient (Wildman–Crippen LogP) is 4.31. The number of fused-ring (bicyclic) bond motifs is 1. The maximum atomic E-state index is 12.8. The van der Waals surface area contributed by atoms with Crippen molar-refractivity contribution in [2.45, 2.75) is 32.4 Å². The Morgan fingerprint density at radius 3 is 2.70 bits per heavy atom. The zero-order valence-electron chi connectivity index (χ0n) is 18.9. The maximum absolute atomic E-state index is 12.8. The van der Waals surface area contributed by atoms with Crippen LogP contribution in [0.1, 0.15) is 25.3 Å². The Morgan fingerprint density at radius 1 is 1.21 bits per heavy atom. The van der Waals surface area contributed by atoms with E-state index in [1.54, 1.807) is 7.11 Å². The van der Waals surface area contributed by atoms with Gasteiger partial charge in [0.25, 0.3) is 5.56 Å². The summed E-state index contributed by atoms with van der Waals surface area (Å²) in [6.45, 7) is 4.30. The van der Waals surface area contributed by atoms with Gasteiger partial charge in [-0.25, -0.2) is 0 Å². The number of aromatic nitrogens is 1. The van der Waals surface area contributed by atoms with Crippen LogP contribution >= 0.6 is 12.2 Å². The van der Waals surface area contributed by atoms with Crippen molar-refractivity contribution in [3.63, 3.8) is 0 Å². The molecule has 0 unspecified atom stereocenters. The Hall–Kier alpha value is -3.10. The maximum Gasteiger partial charge on any atom is 0.253 e. The number of pyridine rings is 1. The number of anilines is 1. The van der Waals surface area contributed by atoms with Gasteiger partial charge in [-0.05, 0) is 80.5 Å². The van der Waals surface area contributed by atoms with Crippen molar-refractivity contribution in [2.75, 3.05) is 32.2 Å². The third-order valence-corrected chi connectivity index (χ3v) is 6.00. The average molecular weight is 468 g/mol. The van der Waals surface area contributed by atoms with Crippen molar-refractivity contribution < 1.29 is 14.2 Å². The molecular weight excluding hydrogens is 438 g/mol. The zero-order chi connectivity index (χ0) is 23.2. The predicted molar refractivity (Wildman–Crippen MR) is 134 cm³/mol. The Morgan fingerprint density at radius 2 is 2.00 bits per heavy atom. The topological polar surface area (TPSA) is 75.8 Å². The van der Waals surface area contributed by atoms with E-state index in [1.165, 1.54) is 0 Å². The SMILES string of the molecule is CCOc1ccc(NC(=S)N(Cc2cc3cc(OC)ccc3[nH]c2=O)C[C@@H]2CCCO2)cc1. The summed E-state index contributed by atoms with van der Waals surface area (Å²) in [5.41, 5.74) is 2.13. The Balaban J connectivity index is 1.56. The second-order valence-electron chi connectivity index (χ2n) is 7.98. The van der Waals surface area contributed by atoms with E-state index >= 15 is 0 Å². The van der Waals surface area contributed by atoms with Crippen LogP contribution in [-0.4, -0.2) is 48.0 Å². The largest absolute Gasteiger partial charge is 0.497 e. The Labute approximate surface area is 198 Å². The lowest BCUT2D eigenvalue weighted by Gasteiger charge is -2.28. The van der Waals surface area contributed by atoms with Gasteiger partial charge < -0.3 is 29.4 Å². The summed E-state index contributed by atoms with van der Waals surface area (Å²) in [4.78, 5) is 17.8. The first-order valence-corrected chi connectivity index (χ1v) is 11.6. The normalized spacial score (nSPS) is 15.4. The first kappa shape index (κ1) is 23.1. The molecule has 3 aromatic rings. The monoisotopic (exact) mass is 467 g/mol. The number of ether oxygens (including phenoxy) is 3. The molecule has 2 heterocycles. The molecule has 0 radical (unpaired) electrons. The number of thiocarbonyl (C=S) groups is 1. The fourth-order valence-corrected chi connectivity index (χ4v) is 4.19. The number of methoxy groups -OCH3 is 1. The summed E-state index contributed by atoms with van der Waals surface area (Å²) in [5.74, 6) is 1.55. The minimum atomic E-state index is -0.131. The van der Waals surface area contributed by atoms with Gasteiger partial charge in [0.1, 0.15) is 11.5 Å². The van der Waals surface area contributed by atoms with Gasteiger partial charge in [-0.15, -0.1) is 0 Å². The van der Waals surface area contributed by atoms with Crippen molar-refractivity contribution in [3.05, 3.63) is 64.4 Å². The number of aromatic amines is 1. The van der Waals surface area contributed by atoms with E-state index in [-0.39, 0.29) is 11.7 Å². The molecule has 0 saturated carbocycles. The van der Waals surface area contributed by atoms with Crippen LogP contribution in [0.15, 0.2) is 53.3 Å². The quantitative estimate of drug-likeness (QED) is 0.478. The number of nitrogens with one attached hydrogen (secondary N) is 2. The summed E-state index contributed by atoms with van der Waals surface area (Å²) >= 11 is 5.75.